The molecular weight excluding hydrogens is 476 g/mol. The summed E-state index contributed by atoms with van der Waals surface area (Å²) in [6, 6.07) is 16.4. The normalized spacial score (nSPS) is 12.8. The lowest BCUT2D eigenvalue weighted by Crippen LogP contribution is -2.20. The molecule has 2 rings (SSSR count). The van der Waals surface area contributed by atoms with Gasteiger partial charge in [0.2, 0.25) is 0 Å². The van der Waals surface area contributed by atoms with E-state index in [2.05, 4.69) is 51.5 Å². The molecule has 0 bridgehead atoms. The predicted molar refractivity (Wildman–Crippen MR) is 159 cm³/mol. The van der Waals surface area contributed by atoms with Gasteiger partial charge in [0.15, 0.2) is 5.78 Å². The zero-order chi connectivity index (χ0) is 28.5. The fraction of sp³-hybridized carbons (Fsp3) is 0.344. The number of Topliss-reactive ketones (excluding diaryl/α,β-unsaturated/α-hetero) is 1. The van der Waals surface area contributed by atoms with Gasteiger partial charge in [-0.2, -0.15) is 4.99 Å². The molecule has 0 saturated heterocycles. The van der Waals surface area contributed by atoms with Crippen LogP contribution in [0.25, 0.3) is 11.1 Å². The minimum atomic E-state index is -0.250. The van der Waals surface area contributed by atoms with Gasteiger partial charge in [0.1, 0.15) is 0 Å². The second kappa shape index (κ2) is 17.5. The van der Waals surface area contributed by atoms with Crippen LogP contribution in [0.2, 0.25) is 0 Å². The Labute approximate surface area is 227 Å². The number of ketones is 1. The number of hydrogen-bond acceptors (Lipinski definition) is 4. The van der Waals surface area contributed by atoms with E-state index < -0.39 is 0 Å². The van der Waals surface area contributed by atoms with Crippen molar-refractivity contribution in [1.29, 1.82) is 0 Å². The first-order chi connectivity index (χ1) is 18.2. The quantitative estimate of drug-likeness (QED) is 0.103. The molecule has 0 aliphatic heterocycles. The number of benzene rings is 2. The van der Waals surface area contributed by atoms with Gasteiger partial charge in [-0.3, -0.25) is 9.59 Å². The fourth-order valence-electron chi connectivity index (χ4n) is 3.73. The molecule has 1 atom stereocenters. The minimum Gasteiger partial charge on any atom is -0.483 e. The average Bonchev–Trinajstić information content (AvgIpc) is 2.93. The molecule has 6 heteroatoms. The summed E-state index contributed by atoms with van der Waals surface area (Å²) in [5.41, 5.74) is 5.78. The third-order valence-corrected chi connectivity index (χ3v) is 6.11. The lowest BCUT2D eigenvalue weighted by atomic mass is 9.84. The Kier molecular flexibility index (Phi) is 14.8. The molecule has 2 aromatic rings. The Balaban J connectivity index is 0.00000229. The van der Waals surface area contributed by atoms with Crippen LogP contribution in [0.15, 0.2) is 89.6 Å². The van der Waals surface area contributed by atoms with Crippen molar-refractivity contribution in [2.75, 3.05) is 12.4 Å². The van der Waals surface area contributed by atoms with Gasteiger partial charge >= 0.3 is 0 Å². The average molecular weight is 519 g/mol. The van der Waals surface area contributed by atoms with Crippen molar-refractivity contribution < 1.29 is 19.4 Å². The molecule has 0 aliphatic carbocycles. The third kappa shape index (κ3) is 10.6. The number of aliphatic imine (C=N–C) groups is 1. The van der Waals surface area contributed by atoms with E-state index >= 15 is 0 Å². The van der Waals surface area contributed by atoms with Crippen LogP contribution in [-0.4, -0.2) is 30.5 Å². The number of carboxylic acid groups (broad SMARTS) is 1. The Morgan fingerprint density at radius 3 is 2.05 bits per heavy atom. The number of amidine groups is 1. The molecule has 0 spiro atoms. The number of allylic oxidation sites excluding steroid dienone is 4. The number of rotatable bonds is 11. The van der Waals surface area contributed by atoms with Gasteiger partial charge < -0.3 is 15.2 Å². The maximum absolute atomic E-state index is 12.9. The van der Waals surface area contributed by atoms with E-state index in [0.717, 1.165) is 41.6 Å². The molecule has 2 N–H and O–H groups in total. The largest absolute Gasteiger partial charge is 0.483 e. The Morgan fingerprint density at radius 1 is 1.05 bits per heavy atom. The van der Waals surface area contributed by atoms with E-state index in [1.807, 2.05) is 60.7 Å². The van der Waals surface area contributed by atoms with Crippen LogP contribution >= 0.6 is 0 Å². The van der Waals surface area contributed by atoms with Crippen molar-refractivity contribution in [3.05, 3.63) is 90.2 Å². The van der Waals surface area contributed by atoms with E-state index in [9.17, 15) is 4.79 Å². The summed E-state index contributed by atoms with van der Waals surface area (Å²) in [6.45, 7) is 14.2. The van der Waals surface area contributed by atoms with Gasteiger partial charge in [-0.1, -0.05) is 88.7 Å². The number of nitrogens with zero attached hydrogens (tertiary/aromatic N) is 1. The van der Waals surface area contributed by atoms with Gasteiger partial charge in [-0.05, 0) is 61.1 Å². The number of carbonyl (C=O) groups is 2. The number of hydrogen-bond donors (Lipinski definition) is 2. The van der Waals surface area contributed by atoms with Crippen molar-refractivity contribution in [3.63, 3.8) is 0 Å². The summed E-state index contributed by atoms with van der Waals surface area (Å²) >= 11 is 0. The van der Waals surface area contributed by atoms with Crippen LogP contribution in [0.1, 0.15) is 64.2 Å². The van der Waals surface area contributed by atoms with Gasteiger partial charge in [0.05, 0.1) is 12.8 Å². The molecule has 0 heterocycles. The second-order valence-electron chi connectivity index (χ2n) is 9.17. The smallest absolute Gasteiger partial charge is 0.294 e. The van der Waals surface area contributed by atoms with Crippen molar-refractivity contribution in [3.8, 4) is 11.1 Å². The lowest BCUT2D eigenvalue weighted by Gasteiger charge is -2.19. The Bertz CT molecular complexity index is 1110. The first kappa shape index (κ1) is 32.1. The van der Waals surface area contributed by atoms with Crippen molar-refractivity contribution in [1.82, 2.24) is 0 Å². The first-order valence-corrected chi connectivity index (χ1v) is 13.0. The van der Waals surface area contributed by atoms with Crippen LogP contribution in [-0.2, 0) is 9.53 Å². The molecule has 1 unspecified atom stereocenters. The van der Waals surface area contributed by atoms with Crippen LogP contribution in [0.3, 0.4) is 0 Å². The topological polar surface area (TPSA) is 88.0 Å². The molecule has 2 aromatic carbocycles. The standard InChI is InChI=1S/C31H40N2O2.CH2O2/c1-8-11-29(22(4)5)30(34)26-15-13-24(14-16-26)25-17-20-28(21-18-25)33-31(35-7)32-27(10-3)19-12-23(6)9-2;2-1-3/h10,12-22,29H,3,8-9,11H2,1-2,4-7H3,(H,32,33);1H,(H,2,3)/b23-12-,27-19+;. The van der Waals surface area contributed by atoms with Gasteiger partial charge in [0.25, 0.3) is 12.5 Å². The van der Waals surface area contributed by atoms with Crippen molar-refractivity contribution in [2.24, 2.45) is 16.8 Å². The summed E-state index contributed by atoms with van der Waals surface area (Å²) < 4.78 is 5.42. The summed E-state index contributed by atoms with van der Waals surface area (Å²) in [7, 11) is 1.58. The van der Waals surface area contributed by atoms with Crippen LogP contribution < -0.4 is 5.32 Å². The zero-order valence-corrected chi connectivity index (χ0v) is 23.5. The Morgan fingerprint density at radius 2 is 1.61 bits per heavy atom. The SMILES string of the molecule is C=C/C(=C\C=C(\C)CC)N=C(Nc1ccc(-c2ccc(C(=O)C(CCC)C(C)C)cc2)cc1)OC.O=CO. The van der Waals surface area contributed by atoms with Crippen molar-refractivity contribution in [2.45, 2.75) is 53.9 Å². The monoisotopic (exact) mass is 518 g/mol. The van der Waals surface area contributed by atoms with E-state index in [1.54, 1.807) is 13.2 Å². The molecule has 0 radical (unpaired) electrons. The zero-order valence-electron chi connectivity index (χ0n) is 23.5. The molecule has 38 heavy (non-hydrogen) atoms. The molecule has 204 valence electrons. The van der Waals surface area contributed by atoms with Crippen molar-refractivity contribution >= 4 is 24.0 Å². The van der Waals surface area contributed by atoms with E-state index in [4.69, 9.17) is 14.6 Å². The van der Waals surface area contributed by atoms with E-state index in [0.29, 0.717) is 17.6 Å². The van der Waals surface area contributed by atoms with Crippen LogP contribution in [0, 0.1) is 11.8 Å². The molecule has 0 amide bonds. The molecule has 0 saturated carbocycles. The molecule has 6 nitrogen and oxygen atoms in total. The first-order valence-electron chi connectivity index (χ1n) is 13.0. The maximum Gasteiger partial charge on any atom is 0.294 e. The number of carbonyl (C=O) groups excluding carboxylic acids is 1. The highest BCUT2D eigenvalue weighted by Gasteiger charge is 2.22. The van der Waals surface area contributed by atoms with E-state index in [1.165, 1.54) is 5.57 Å². The summed E-state index contributed by atoms with van der Waals surface area (Å²) in [5.74, 6) is 0.668. The molecule has 0 fully saturated rings. The highest BCUT2D eigenvalue weighted by Crippen LogP contribution is 2.26. The highest BCUT2D eigenvalue weighted by atomic mass is 16.5. The van der Waals surface area contributed by atoms with Gasteiger partial charge in [-0.25, -0.2) is 0 Å². The maximum atomic E-state index is 12.9. The molecular formula is C32H42N2O4. The lowest BCUT2D eigenvalue weighted by molar-refractivity contribution is -0.122. The molecule has 0 aromatic heterocycles. The minimum absolute atomic E-state index is 0.0796. The Hall–Kier alpha value is -3.93. The predicted octanol–water partition coefficient (Wildman–Crippen LogP) is 8.15. The van der Waals surface area contributed by atoms with Crippen LogP contribution in [0.5, 0.6) is 0 Å². The summed E-state index contributed by atoms with van der Waals surface area (Å²) in [5, 5.41) is 10.1. The summed E-state index contributed by atoms with van der Waals surface area (Å²) in [6.07, 6.45) is 8.60. The van der Waals surface area contributed by atoms with Crippen LogP contribution in [0.4, 0.5) is 5.69 Å². The highest BCUT2D eigenvalue weighted by molar-refractivity contribution is 5.98. The third-order valence-electron chi connectivity index (χ3n) is 6.11. The number of nitrogens with one attached hydrogen (secondary N) is 1. The number of ether oxygens (including phenoxy) is 1. The van der Waals surface area contributed by atoms with Gasteiger partial charge in [-0.15, -0.1) is 0 Å². The number of anilines is 1. The second-order valence-corrected chi connectivity index (χ2v) is 9.17. The summed E-state index contributed by atoms with van der Waals surface area (Å²) in [4.78, 5) is 25.8. The fourth-order valence-corrected chi connectivity index (χ4v) is 3.73. The molecule has 0 aliphatic rings. The van der Waals surface area contributed by atoms with Gasteiger partial charge in [0, 0.05) is 17.2 Å². The van der Waals surface area contributed by atoms with E-state index in [-0.39, 0.29) is 18.2 Å². The number of methoxy groups -OCH3 is 1.